The van der Waals surface area contributed by atoms with Crippen molar-refractivity contribution in [2.24, 2.45) is 5.92 Å². The first kappa shape index (κ1) is 20.4. The molecule has 1 saturated heterocycles. The Morgan fingerprint density at radius 3 is 2.76 bits per heavy atom. The maximum absolute atomic E-state index is 13.2. The molecule has 3 aromatic rings. The van der Waals surface area contributed by atoms with E-state index < -0.39 is 0 Å². The zero-order chi connectivity index (χ0) is 22.2. The summed E-state index contributed by atoms with van der Waals surface area (Å²) in [6, 6.07) is 10.3. The second kappa shape index (κ2) is 8.63. The van der Waals surface area contributed by atoms with Gasteiger partial charge in [-0.15, -0.1) is 0 Å². The van der Waals surface area contributed by atoms with Gasteiger partial charge in [-0.3, -0.25) is 9.48 Å². The first-order chi connectivity index (χ1) is 16.2. The van der Waals surface area contributed by atoms with Crippen molar-refractivity contribution in [3.63, 3.8) is 0 Å². The molecule has 1 saturated carbocycles. The van der Waals surface area contributed by atoms with Gasteiger partial charge in [-0.2, -0.15) is 5.10 Å². The minimum absolute atomic E-state index is 0.0223. The van der Waals surface area contributed by atoms with E-state index in [1.807, 2.05) is 21.8 Å². The predicted octanol–water partition coefficient (Wildman–Crippen LogP) is 4.07. The summed E-state index contributed by atoms with van der Waals surface area (Å²) in [7, 11) is 0. The van der Waals surface area contributed by atoms with Crippen LogP contribution in [0.1, 0.15) is 47.2 Å². The number of hydrogen-bond acceptors (Lipinski definition) is 5. The second-order valence-corrected chi connectivity index (χ2v) is 9.35. The lowest BCUT2D eigenvalue weighted by atomic mass is 10.1. The van der Waals surface area contributed by atoms with E-state index in [2.05, 4.69) is 40.5 Å². The fourth-order valence-electron chi connectivity index (χ4n) is 4.66. The van der Waals surface area contributed by atoms with E-state index in [9.17, 15) is 4.79 Å². The highest BCUT2D eigenvalue weighted by atomic mass is 16.5. The second-order valence-electron chi connectivity index (χ2n) is 9.35. The molecule has 1 aliphatic carbocycles. The van der Waals surface area contributed by atoms with Gasteiger partial charge in [0.25, 0.3) is 5.91 Å². The summed E-state index contributed by atoms with van der Waals surface area (Å²) in [5.74, 6) is 1.21. The Bertz CT molecular complexity index is 1150. The molecule has 3 aliphatic rings. The maximum atomic E-state index is 13.2. The van der Waals surface area contributed by atoms with Crippen LogP contribution >= 0.6 is 0 Å². The number of aromatic nitrogens is 3. The third-order valence-electron chi connectivity index (χ3n) is 6.73. The Hall–Kier alpha value is -3.19. The number of amides is 1. The standard InChI is InChI=1S/C26H28N4O3/c31-26-24-21(9-10-27-25(24)33-17-23-2-1-11-32-23)15-29(26)13-18-5-7-20(8-6-18)22-12-28-30(16-22)14-19-3-4-19/h5-10,12,16,19,23H,1-4,11,13-15,17H2. The van der Waals surface area contributed by atoms with Gasteiger partial charge in [0.1, 0.15) is 12.2 Å². The van der Waals surface area contributed by atoms with Crippen LogP contribution in [-0.2, 0) is 24.4 Å². The SMILES string of the molecule is O=C1c2c(ccnc2OCC2CCCO2)CN1Cc1ccc(-c2cnn(CC3CC3)c2)cc1. The normalized spacial score (nSPS) is 19.8. The largest absolute Gasteiger partial charge is 0.474 e. The molecule has 0 radical (unpaired) electrons. The van der Waals surface area contributed by atoms with Crippen LogP contribution in [-0.4, -0.2) is 44.9 Å². The zero-order valence-corrected chi connectivity index (χ0v) is 18.7. The number of carbonyl (C=O) groups is 1. The summed E-state index contributed by atoms with van der Waals surface area (Å²) < 4.78 is 13.6. The molecule has 7 heteroatoms. The first-order valence-electron chi connectivity index (χ1n) is 11.9. The van der Waals surface area contributed by atoms with Gasteiger partial charge in [-0.25, -0.2) is 4.98 Å². The first-order valence-corrected chi connectivity index (χ1v) is 11.9. The lowest BCUT2D eigenvalue weighted by Gasteiger charge is -2.16. The van der Waals surface area contributed by atoms with Gasteiger partial charge in [-0.1, -0.05) is 24.3 Å². The van der Waals surface area contributed by atoms with Gasteiger partial charge in [-0.05, 0) is 54.4 Å². The molecule has 2 fully saturated rings. The predicted molar refractivity (Wildman–Crippen MR) is 123 cm³/mol. The van der Waals surface area contributed by atoms with Crippen molar-refractivity contribution in [3.8, 4) is 17.0 Å². The summed E-state index contributed by atoms with van der Waals surface area (Å²) in [5.41, 5.74) is 4.93. The Labute approximate surface area is 193 Å². The third-order valence-corrected chi connectivity index (χ3v) is 6.73. The molecular weight excluding hydrogens is 416 g/mol. The van der Waals surface area contributed by atoms with E-state index in [0.717, 1.165) is 54.2 Å². The summed E-state index contributed by atoms with van der Waals surface area (Å²) in [6.45, 7) is 3.37. The van der Waals surface area contributed by atoms with Crippen LogP contribution in [0.5, 0.6) is 5.88 Å². The van der Waals surface area contributed by atoms with E-state index >= 15 is 0 Å². The smallest absolute Gasteiger partial charge is 0.260 e. The third kappa shape index (κ3) is 4.37. The Morgan fingerprint density at radius 2 is 1.97 bits per heavy atom. The molecule has 33 heavy (non-hydrogen) atoms. The highest BCUT2D eigenvalue weighted by Gasteiger charge is 2.32. The Morgan fingerprint density at radius 1 is 1.09 bits per heavy atom. The molecule has 170 valence electrons. The molecule has 6 rings (SSSR count). The van der Waals surface area contributed by atoms with Crippen LogP contribution in [0.3, 0.4) is 0 Å². The fourth-order valence-corrected chi connectivity index (χ4v) is 4.66. The van der Waals surface area contributed by atoms with E-state index in [4.69, 9.17) is 9.47 Å². The van der Waals surface area contributed by atoms with Gasteiger partial charge < -0.3 is 14.4 Å². The topological polar surface area (TPSA) is 69.5 Å². The van der Waals surface area contributed by atoms with Crippen molar-refractivity contribution < 1.29 is 14.3 Å². The molecule has 2 aliphatic heterocycles. The highest BCUT2D eigenvalue weighted by Crippen LogP contribution is 2.32. The molecule has 1 amide bonds. The van der Waals surface area contributed by atoms with Crippen molar-refractivity contribution in [3.05, 3.63) is 65.6 Å². The number of carbonyl (C=O) groups excluding carboxylic acids is 1. The number of pyridine rings is 1. The highest BCUT2D eigenvalue weighted by molar-refractivity contribution is 6.00. The van der Waals surface area contributed by atoms with Gasteiger partial charge in [0, 0.05) is 44.2 Å². The monoisotopic (exact) mass is 444 g/mol. The van der Waals surface area contributed by atoms with Crippen LogP contribution in [0.2, 0.25) is 0 Å². The summed E-state index contributed by atoms with van der Waals surface area (Å²) in [5, 5.41) is 4.50. The lowest BCUT2D eigenvalue weighted by Crippen LogP contribution is -2.24. The lowest BCUT2D eigenvalue weighted by molar-refractivity contribution is 0.0643. The number of rotatable bonds is 8. The fraction of sp³-hybridized carbons (Fsp3) is 0.423. The van der Waals surface area contributed by atoms with Crippen molar-refractivity contribution in [1.29, 1.82) is 0 Å². The molecular formula is C26H28N4O3. The number of ether oxygens (including phenoxy) is 2. The van der Waals surface area contributed by atoms with E-state index in [0.29, 0.717) is 31.1 Å². The average Bonchev–Trinajstić information content (AvgIpc) is 3.19. The van der Waals surface area contributed by atoms with Gasteiger partial charge >= 0.3 is 0 Å². The molecule has 0 N–H and O–H groups in total. The summed E-state index contributed by atoms with van der Waals surface area (Å²) in [6.07, 6.45) is 10.6. The van der Waals surface area contributed by atoms with Crippen molar-refractivity contribution in [2.45, 2.75) is 51.4 Å². The maximum Gasteiger partial charge on any atom is 0.260 e. The van der Waals surface area contributed by atoms with E-state index in [-0.39, 0.29) is 12.0 Å². The number of nitrogens with zero attached hydrogens (tertiary/aromatic N) is 4. The van der Waals surface area contributed by atoms with E-state index in [1.54, 1.807) is 6.20 Å². The molecule has 0 bridgehead atoms. The van der Waals surface area contributed by atoms with Gasteiger partial charge in [0.2, 0.25) is 5.88 Å². The summed E-state index contributed by atoms with van der Waals surface area (Å²) in [4.78, 5) is 19.4. The van der Waals surface area contributed by atoms with Crippen LogP contribution in [0, 0.1) is 5.92 Å². The van der Waals surface area contributed by atoms with Crippen molar-refractivity contribution in [2.75, 3.05) is 13.2 Å². The molecule has 4 heterocycles. The quantitative estimate of drug-likeness (QED) is 0.524. The number of hydrogen-bond donors (Lipinski definition) is 0. The minimum atomic E-state index is -0.0223. The van der Waals surface area contributed by atoms with Crippen LogP contribution in [0.15, 0.2) is 48.9 Å². The molecule has 7 nitrogen and oxygen atoms in total. The van der Waals surface area contributed by atoms with Crippen molar-refractivity contribution in [1.82, 2.24) is 19.7 Å². The van der Waals surface area contributed by atoms with Gasteiger partial charge in [0.05, 0.1) is 12.3 Å². The van der Waals surface area contributed by atoms with Crippen LogP contribution < -0.4 is 4.74 Å². The number of benzene rings is 1. The van der Waals surface area contributed by atoms with Crippen LogP contribution in [0.25, 0.3) is 11.1 Å². The van der Waals surface area contributed by atoms with E-state index in [1.165, 1.54) is 12.8 Å². The van der Waals surface area contributed by atoms with Crippen LogP contribution in [0.4, 0.5) is 0 Å². The van der Waals surface area contributed by atoms with Gasteiger partial charge in [0.15, 0.2) is 0 Å². The number of fused-ring (bicyclic) bond motifs is 1. The molecule has 2 aromatic heterocycles. The van der Waals surface area contributed by atoms with Crippen molar-refractivity contribution >= 4 is 5.91 Å². The molecule has 1 atom stereocenters. The minimum Gasteiger partial charge on any atom is -0.474 e. The zero-order valence-electron chi connectivity index (χ0n) is 18.7. The average molecular weight is 445 g/mol. The Kier molecular flexibility index (Phi) is 5.34. The molecule has 1 unspecified atom stereocenters. The summed E-state index contributed by atoms with van der Waals surface area (Å²) >= 11 is 0. The molecule has 0 spiro atoms. The Balaban J connectivity index is 1.11. The molecule has 1 aromatic carbocycles.